The molecule has 0 radical (unpaired) electrons. The second kappa shape index (κ2) is 21.3. The number of aliphatic hydroxyl groups excluding tert-OH is 2. The fraction of sp³-hybridized carbons (Fsp3) is 0.455. The van der Waals surface area contributed by atoms with E-state index in [1.807, 2.05) is 0 Å². The van der Waals surface area contributed by atoms with Gasteiger partial charge in [0.2, 0.25) is 5.43 Å². The summed E-state index contributed by atoms with van der Waals surface area (Å²) in [6.07, 6.45) is 7.17. The molecule has 3 aromatic carbocycles. The molecule has 1 aliphatic carbocycles. The summed E-state index contributed by atoms with van der Waals surface area (Å²) in [6.45, 7) is 13.0. The molecule has 1 amide bonds. The number of piperazine rings is 1. The monoisotopic (exact) mass is 1050 g/mol. The summed E-state index contributed by atoms with van der Waals surface area (Å²) in [5.41, 5.74) is -1.47. The first-order chi connectivity index (χ1) is 35.9. The summed E-state index contributed by atoms with van der Waals surface area (Å²) >= 11 is 0. The molecule has 9 rings (SSSR count). The van der Waals surface area contributed by atoms with Crippen LogP contribution in [0.3, 0.4) is 0 Å². The largest absolute Gasteiger partial charge is 0.507 e. The lowest BCUT2D eigenvalue weighted by molar-refractivity contribution is -0.160. The van der Waals surface area contributed by atoms with Gasteiger partial charge in [0.15, 0.2) is 5.75 Å². The third-order valence-electron chi connectivity index (χ3n) is 15.3. The van der Waals surface area contributed by atoms with Crippen molar-refractivity contribution in [3.05, 3.63) is 92.8 Å². The maximum atomic E-state index is 15.9. The highest BCUT2D eigenvalue weighted by Gasteiger charge is 2.50. The van der Waals surface area contributed by atoms with Gasteiger partial charge in [-0.3, -0.25) is 24.2 Å². The number of ether oxygens (including phenoxy) is 4. The number of nitrogens with zero attached hydrogens (tertiary/aromatic N) is 4. The Bertz CT molecular complexity index is 3210. The van der Waals surface area contributed by atoms with Crippen molar-refractivity contribution in [1.82, 2.24) is 9.58 Å². The fourth-order valence-electron chi connectivity index (χ4n) is 10.5. The number of phenolic OH excluding ortho intramolecular Hbond substituents is 3. The molecule has 4 aliphatic heterocycles. The van der Waals surface area contributed by atoms with Gasteiger partial charge in [0, 0.05) is 91.9 Å². The van der Waals surface area contributed by atoms with Crippen molar-refractivity contribution in [2.24, 2.45) is 28.8 Å². The van der Waals surface area contributed by atoms with Gasteiger partial charge in [-0.15, -0.1) is 0 Å². The molecule has 5 heterocycles. The van der Waals surface area contributed by atoms with Gasteiger partial charge in [-0.25, -0.2) is 9.18 Å². The lowest BCUT2D eigenvalue weighted by Crippen LogP contribution is -2.46. The summed E-state index contributed by atoms with van der Waals surface area (Å²) in [7, 11) is 1.41. The second-order valence-electron chi connectivity index (χ2n) is 20.4. The number of carboxylic acid groups (broad SMARTS) is 1. The van der Waals surface area contributed by atoms with E-state index in [-0.39, 0.29) is 82.4 Å². The number of carbonyl (C=O) groups excluding carboxylic acids is 3. The third kappa shape index (κ3) is 10.1. The molecular formula is C55H64FN5O15. The number of nitrogens with one attached hydrogen (secondary N) is 1. The number of hydrogen-bond donors (Lipinski definition) is 7. The van der Waals surface area contributed by atoms with Gasteiger partial charge < -0.3 is 64.4 Å². The van der Waals surface area contributed by atoms with Crippen LogP contribution >= 0.6 is 0 Å². The minimum absolute atomic E-state index is 0.0143. The molecule has 5 bridgehead atoms. The number of halogens is 1. The van der Waals surface area contributed by atoms with Crippen LogP contribution in [0, 0.1) is 36.4 Å². The van der Waals surface area contributed by atoms with E-state index >= 15 is 4.39 Å². The Kier molecular flexibility index (Phi) is 15.3. The van der Waals surface area contributed by atoms with Gasteiger partial charge in [-0.2, -0.15) is 5.10 Å². The smallest absolute Gasteiger partial charge is 0.341 e. The van der Waals surface area contributed by atoms with Crippen LogP contribution in [-0.4, -0.2) is 134 Å². The molecule has 21 heteroatoms. The number of rotatable bonds is 7. The Hall–Kier alpha value is -7.49. The predicted octanol–water partition coefficient (Wildman–Crippen LogP) is 6.40. The van der Waals surface area contributed by atoms with E-state index in [0.717, 1.165) is 25.2 Å². The number of methoxy groups -OCH3 is 1. The molecule has 406 valence electrons. The lowest BCUT2D eigenvalue weighted by atomic mass is 9.78. The summed E-state index contributed by atoms with van der Waals surface area (Å²) in [4.78, 5) is 67.9. The van der Waals surface area contributed by atoms with Gasteiger partial charge in [0.25, 0.3) is 11.7 Å². The molecule has 0 unspecified atom stereocenters. The lowest BCUT2D eigenvalue weighted by Gasteiger charge is -2.38. The predicted molar refractivity (Wildman–Crippen MR) is 279 cm³/mol. The molecule has 4 aromatic rings. The second-order valence-corrected chi connectivity index (χ2v) is 20.4. The number of carboxylic acids is 1. The van der Waals surface area contributed by atoms with Crippen LogP contribution in [-0.2, 0) is 23.8 Å². The highest BCUT2D eigenvalue weighted by molar-refractivity contribution is 6.24. The molecule has 76 heavy (non-hydrogen) atoms. The number of pyridine rings is 1. The number of phenols is 3. The van der Waals surface area contributed by atoms with Crippen LogP contribution in [0.1, 0.15) is 99.2 Å². The summed E-state index contributed by atoms with van der Waals surface area (Å²) in [6, 6.07) is 2.59. The Morgan fingerprint density at radius 3 is 2.24 bits per heavy atom. The molecule has 5 aliphatic rings. The molecule has 1 saturated heterocycles. The Labute approximate surface area is 436 Å². The number of aromatic carboxylic acids is 1. The van der Waals surface area contributed by atoms with Crippen molar-refractivity contribution in [3.63, 3.8) is 0 Å². The fourth-order valence-corrected chi connectivity index (χ4v) is 10.5. The molecule has 7 N–H and O–H groups in total. The van der Waals surface area contributed by atoms with E-state index in [0.29, 0.717) is 5.52 Å². The van der Waals surface area contributed by atoms with Crippen molar-refractivity contribution in [3.8, 4) is 23.0 Å². The normalized spacial score (nSPS) is 28.3. The molecule has 2 fully saturated rings. The Morgan fingerprint density at radius 2 is 1.61 bits per heavy atom. The summed E-state index contributed by atoms with van der Waals surface area (Å²) in [5.74, 6) is -11.4. The number of hydrazone groups is 1. The number of amides is 1. The molecule has 20 nitrogen and oxygen atoms in total. The van der Waals surface area contributed by atoms with Crippen molar-refractivity contribution in [1.29, 1.82) is 0 Å². The minimum Gasteiger partial charge on any atom is -0.507 e. The number of ketones is 1. The van der Waals surface area contributed by atoms with Crippen molar-refractivity contribution >= 4 is 62.9 Å². The number of Topliss-reactive ketones (excluding diaryl/α,β-unsaturated/α-hetero) is 1. The first kappa shape index (κ1) is 54.8. The van der Waals surface area contributed by atoms with E-state index < -0.39 is 117 Å². The van der Waals surface area contributed by atoms with E-state index in [2.05, 4.69) is 10.4 Å². The van der Waals surface area contributed by atoms with Crippen molar-refractivity contribution in [2.75, 3.05) is 43.5 Å². The maximum absolute atomic E-state index is 15.9. The zero-order valence-corrected chi connectivity index (χ0v) is 43.7. The maximum Gasteiger partial charge on any atom is 0.341 e. The first-order valence-electron chi connectivity index (χ1n) is 25.1. The van der Waals surface area contributed by atoms with Crippen LogP contribution in [0.4, 0.5) is 15.8 Å². The van der Waals surface area contributed by atoms with Gasteiger partial charge in [0.05, 0.1) is 77.3 Å². The van der Waals surface area contributed by atoms with Crippen LogP contribution < -0.4 is 20.4 Å². The number of allylic oxidation sites excluding steroid dienone is 2. The zero-order valence-electron chi connectivity index (χ0n) is 43.7. The standard InChI is InChI=1S/C55H64FN5O15/c1-25-11-10-12-26(2)53(70)58-43-34(23-57-60-18-16-59(17-19-60)38-22-37-33(21-36(38)56)47(66)35(54(71)72)24-61(37)32-13-14-32)48(67)40-41(49(43)68)46(65)30(6)51-42(40)52(69)55(8,76-51)74-20-15-39(73-9)27(3)50(75-31(7)62)29(5)45(64)28(4)44(25)63/h10-12,15,20-25,27-29,32,39,44-45,50,63-65,67-68H,13-14,16-19H2,1-9H3,(H,58,70)(H,71,72)/b11-10+,20-15+,26-12-,57-23-/t25-,27+,28+,29+,39-,44-,45+,50+,55-/m0/s1. The SMILES string of the molecule is CO[C@H]1/C=C/O[C@@]2(C)Oc3c(C)c(O)c4c(O)c(c(/C=N\N5CCN(c6cc7c(cc6F)c(=O)c(C(=O)O)cn7C6CC6)CC5)c(O)c4c3C2=O)NC(=O)/C(C)=C\C=C\[C@H](C)[C@H](O)[C@@H](C)[C@@H](O)[C@@H](C)[C@H](OC(C)=O)[C@@H]1C. The molecule has 9 atom stereocenters. The van der Waals surface area contributed by atoms with E-state index in [1.165, 1.54) is 65.4 Å². The van der Waals surface area contributed by atoms with Gasteiger partial charge in [-0.1, -0.05) is 45.9 Å². The molecule has 0 spiro atoms. The van der Waals surface area contributed by atoms with Crippen LogP contribution in [0.5, 0.6) is 23.0 Å². The average molecular weight is 1050 g/mol. The van der Waals surface area contributed by atoms with E-state index in [9.17, 15) is 54.6 Å². The summed E-state index contributed by atoms with van der Waals surface area (Å²) in [5, 5.41) is 77.1. The highest BCUT2D eigenvalue weighted by atomic mass is 19.1. The molecular weight excluding hydrogens is 990 g/mol. The first-order valence-corrected chi connectivity index (χ1v) is 25.1. The molecule has 1 saturated carbocycles. The van der Waals surface area contributed by atoms with E-state index in [1.54, 1.807) is 54.3 Å². The number of benzene rings is 3. The Balaban J connectivity index is 1.18. The van der Waals surface area contributed by atoms with Gasteiger partial charge in [0.1, 0.15) is 34.7 Å². The number of anilines is 2. The number of esters is 1. The Morgan fingerprint density at radius 1 is 0.921 bits per heavy atom. The third-order valence-corrected chi connectivity index (χ3v) is 15.3. The van der Waals surface area contributed by atoms with Crippen LogP contribution in [0.2, 0.25) is 0 Å². The number of aromatic nitrogens is 1. The quantitative estimate of drug-likeness (QED) is 0.0456. The minimum atomic E-state index is -2.14. The van der Waals surface area contributed by atoms with Gasteiger partial charge in [-0.05, 0) is 44.9 Å². The number of fused-ring (bicyclic) bond motifs is 15. The zero-order chi connectivity index (χ0) is 55.4. The van der Waals surface area contributed by atoms with E-state index in [4.69, 9.17) is 18.9 Å². The average Bonchev–Trinajstić information content (AvgIpc) is 4.24. The topological polar surface area (TPSA) is 279 Å². The van der Waals surface area contributed by atoms with Crippen molar-refractivity contribution < 1.29 is 73.2 Å². The van der Waals surface area contributed by atoms with Crippen molar-refractivity contribution in [2.45, 2.75) is 104 Å². The summed E-state index contributed by atoms with van der Waals surface area (Å²) < 4.78 is 41.3. The van der Waals surface area contributed by atoms with Crippen LogP contribution in [0.15, 0.2) is 64.4 Å². The highest BCUT2D eigenvalue weighted by Crippen LogP contribution is 2.55. The number of aromatic hydroxyl groups is 3. The number of hydrogen-bond acceptors (Lipinski definition) is 17. The number of carbonyl (C=O) groups is 4. The van der Waals surface area contributed by atoms with Gasteiger partial charge >= 0.3 is 17.7 Å². The van der Waals surface area contributed by atoms with Crippen LogP contribution in [0.25, 0.3) is 21.7 Å². The number of aliphatic hydroxyl groups is 2. The molecule has 1 aromatic heterocycles.